The van der Waals surface area contributed by atoms with Crippen LogP contribution in [0.25, 0.3) is 0 Å². The highest BCUT2D eigenvalue weighted by Gasteiger charge is 2.54. The third-order valence-corrected chi connectivity index (χ3v) is 9.80. The van der Waals surface area contributed by atoms with E-state index in [4.69, 9.17) is 23.7 Å². The van der Waals surface area contributed by atoms with Gasteiger partial charge in [0.1, 0.15) is 19.0 Å². The molecule has 1 unspecified atom stereocenters. The first-order valence-electron chi connectivity index (χ1n) is 18.8. The number of benzene rings is 7. The van der Waals surface area contributed by atoms with Gasteiger partial charge in [0.05, 0.1) is 18.8 Å². The van der Waals surface area contributed by atoms with Crippen molar-refractivity contribution in [3.05, 3.63) is 233 Å². The van der Waals surface area contributed by atoms with E-state index in [1.54, 1.807) is 0 Å². The fraction of sp³-hybridized carbons (Fsp3) is 0.140. The predicted molar refractivity (Wildman–Crippen MR) is 216 cm³/mol. The van der Waals surface area contributed by atoms with Crippen molar-refractivity contribution < 1.29 is 28.5 Å². The highest BCUT2D eigenvalue weighted by Crippen LogP contribution is 2.49. The normalized spacial score (nSPS) is 14.4. The molecule has 0 saturated carbocycles. The lowest BCUT2D eigenvalue weighted by Gasteiger charge is -2.41. The second-order valence-corrected chi connectivity index (χ2v) is 13.7. The minimum absolute atomic E-state index is 0.133. The molecular weight excluding hydrogens is 697 g/mol. The number of ether oxygens (including phenoxy) is 5. The number of Topliss-reactive ketones (excluding diaryl/α,β-unsaturated/α-hetero) is 1. The third kappa shape index (κ3) is 8.42. The lowest BCUT2D eigenvalue weighted by molar-refractivity contribution is -0.256. The summed E-state index contributed by atoms with van der Waals surface area (Å²) >= 11 is 0. The Kier molecular flexibility index (Phi) is 11.3. The fourth-order valence-corrected chi connectivity index (χ4v) is 6.88. The summed E-state index contributed by atoms with van der Waals surface area (Å²) in [6.45, 7) is 0.919. The van der Waals surface area contributed by atoms with Gasteiger partial charge in [0.15, 0.2) is 17.6 Å². The first-order chi connectivity index (χ1) is 27.6. The molecule has 1 aliphatic heterocycles. The van der Waals surface area contributed by atoms with Crippen LogP contribution < -0.4 is 14.2 Å². The van der Waals surface area contributed by atoms with Crippen LogP contribution in [0.5, 0.6) is 17.2 Å². The van der Waals surface area contributed by atoms with E-state index in [-0.39, 0.29) is 19.0 Å². The van der Waals surface area contributed by atoms with Gasteiger partial charge in [0.25, 0.3) is 5.79 Å². The number of rotatable bonds is 15. The number of hydrogen-bond donors (Lipinski definition) is 0. The summed E-state index contributed by atoms with van der Waals surface area (Å²) in [6.07, 6.45) is -0.524. The van der Waals surface area contributed by atoms with Crippen LogP contribution in [-0.4, -0.2) is 5.78 Å². The van der Waals surface area contributed by atoms with E-state index >= 15 is 4.79 Å². The monoisotopic (exact) mass is 738 g/mol. The second-order valence-electron chi connectivity index (χ2n) is 13.7. The van der Waals surface area contributed by atoms with Gasteiger partial charge in [-0.3, -0.25) is 4.79 Å². The Morgan fingerprint density at radius 1 is 0.464 bits per heavy atom. The first kappa shape index (κ1) is 36.5. The van der Waals surface area contributed by atoms with Crippen molar-refractivity contribution in [3.8, 4) is 17.2 Å². The van der Waals surface area contributed by atoms with E-state index in [2.05, 4.69) is 12.1 Å². The Morgan fingerprint density at radius 2 is 0.929 bits per heavy atom. The maximum absolute atomic E-state index is 15.4. The van der Waals surface area contributed by atoms with Crippen molar-refractivity contribution in [2.75, 3.05) is 0 Å². The molecule has 6 heteroatoms. The number of ketones is 1. The van der Waals surface area contributed by atoms with Crippen molar-refractivity contribution >= 4 is 5.78 Å². The van der Waals surface area contributed by atoms with Gasteiger partial charge in [-0.15, -0.1) is 0 Å². The van der Waals surface area contributed by atoms with Gasteiger partial charge in [-0.05, 0) is 51.6 Å². The molecule has 56 heavy (non-hydrogen) atoms. The summed E-state index contributed by atoms with van der Waals surface area (Å²) in [7, 11) is 0. The summed E-state index contributed by atoms with van der Waals surface area (Å²) in [5, 5.41) is 0. The lowest BCUT2D eigenvalue weighted by Crippen LogP contribution is -2.49. The minimum Gasteiger partial charge on any atom is -0.485 e. The van der Waals surface area contributed by atoms with Crippen LogP contribution in [0.15, 0.2) is 188 Å². The molecule has 8 rings (SSSR count). The first-order valence-corrected chi connectivity index (χ1v) is 18.8. The molecule has 1 atom stereocenters. The molecule has 0 aliphatic carbocycles. The second kappa shape index (κ2) is 17.3. The fourth-order valence-electron chi connectivity index (χ4n) is 6.88. The zero-order valence-electron chi connectivity index (χ0n) is 31.0. The van der Waals surface area contributed by atoms with Crippen LogP contribution in [-0.2, 0) is 52.9 Å². The van der Waals surface area contributed by atoms with Gasteiger partial charge in [-0.2, -0.15) is 0 Å². The van der Waals surface area contributed by atoms with Crippen molar-refractivity contribution in [1.82, 2.24) is 0 Å². The van der Waals surface area contributed by atoms with Crippen LogP contribution in [0.1, 0.15) is 50.6 Å². The Balaban J connectivity index is 1.22. The highest BCUT2D eigenvalue weighted by atomic mass is 16.7. The van der Waals surface area contributed by atoms with Crippen molar-refractivity contribution in [2.45, 2.75) is 44.7 Å². The van der Waals surface area contributed by atoms with Crippen LogP contribution in [0, 0.1) is 0 Å². The Hall–Kier alpha value is -6.47. The number of hydrogen-bond acceptors (Lipinski definition) is 6. The van der Waals surface area contributed by atoms with Gasteiger partial charge in [-0.25, -0.2) is 0 Å². The van der Waals surface area contributed by atoms with E-state index < -0.39 is 11.9 Å². The topological polar surface area (TPSA) is 63.2 Å². The predicted octanol–water partition coefficient (Wildman–Crippen LogP) is 10.7. The summed E-state index contributed by atoms with van der Waals surface area (Å²) in [5.41, 5.74) is 6.97. The minimum atomic E-state index is -1.82. The third-order valence-electron chi connectivity index (χ3n) is 9.80. The molecule has 0 N–H and O–H groups in total. The summed E-state index contributed by atoms with van der Waals surface area (Å²) in [5.74, 6) is -0.597. The van der Waals surface area contributed by atoms with Gasteiger partial charge < -0.3 is 23.7 Å². The summed E-state index contributed by atoms with van der Waals surface area (Å²) < 4.78 is 33.3. The maximum atomic E-state index is 15.4. The van der Waals surface area contributed by atoms with E-state index in [1.807, 2.05) is 176 Å². The average molecular weight is 739 g/mol. The van der Waals surface area contributed by atoms with Crippen molar-refractivity contribution in [3.63, 3.8) is 0 Å². The number of para-hydroxylation sites is 1. The Bertz CT molecular complexity index is 2290. The summed E-state index contributed by atoms with van der Waals surface area (Å²) in [6, 6.07) is 61.2. The lowest BCUT2D eigenvalue weighted by atomic mass is 9.87. The average Bonchev–Trinajstić information content (AvgIpc) is 3.26. The molecule has 0 amide bonds. The molecule has 0 bridgehead atoms. The van der Waals surface area contributed by atoms with Gasteiger partial charge in [0, 0.05) is 12.0 Å². The largest absolute Gasteiger partial charge is 0.485 e. The number of fused-ring (bicyclic) bond motifs is 1. The van der Waals surface area contributed by atoms with Gasteiger partial charge in [-0.1, -0.05) is 170 Å². The number of carbonyl (C=O) groups is 1. The van der Waals surface area contributed by atoms with Crippen LogP contribution in [0.4, 0.5) is 0 Å². The molecular formula is C50H42O6. The van der Waals surface area contributed by atoms with E-state index in [0.717, 1.165) is 33.4 Å². The van der Waals surface area contributed by atoms with Crippen LogP contribution in [0.3, 0.4) is 0 Å². The zero-order valence-corrected chi connectivity index (χ0v) is 31.0. The molecule has 0 fully saturated rings. The molecule has 0 saturated heterocycles. The van der Waals surface area contributed by atoms with E-state index in [0.29, 0.717) is 48.0 Å². The SMILES string of the molecule is O=C1C(c2ccc(OCc3ccccc3)c(OCc3ccccc3)c2)Oc2c(Cc3ccccc3)cccc2C1(OCc1ccccc1)OCc1ccccc1. The van der Waals surface area contributed by atoms with Crippen LogP contribution >= 0.6 is 0 Å². The highest BCUT2D eigenvalue weighted by molar-refractivity contribution is 5.94. The smallest absolute Gasteiger partial charge is 0.265 e. The van der Waals surface area contributed by atoms with Crippen molar-refractivity contribution in [1.29, 1.82) is 0 Å². The van der Waals surface area contributed by atoms with E-state index in [1.165, 1.54) is 0 Å². The Morgan fingerprint density at radius 3 is 1.45 bits per heavy atom. The molecule has 278 valence electrons. The molecule has 0 radical (unpaired) electrons. The number of carbonyl (C=O) groups excluding carboxylic acids is 1. The maximum Gasteiger partial charge on any atom is 0.265 e. The molecule has 0 aromatic heterocycles. The van der Waals surface area contributed by atoms with Gasteiger partial charge in [0.2, 0.25) is 5.78 Å². The van der Waals surface area contributed by atoms with Crippen molar-refractivity contribution in [2.24, 2.45) is 0 Å². The molecule has 0 spiro atoms. The molecule has 1 aliphatic rings. The standard InChI is InChI=1S/C50H42O6/c51-49-48(43-29-30-45(52-33-38-19-8-2-9-20-38)46(32-43)53-34-39-21-10-3-11-22-39)56-47-42(31-37-17-6-1-7-18-37)27-16-28-44(47)50(49,54-35-40-23-12-4-13-24-40)55-36-41-25-14-5-15-26-41/h1-30,32,48H,31,33-36H2. The summed E-state index contributed by atoms with van der Waals surface area (Å²) in [4.78, 5) is 15.4. The molecule has 7 aromatic rings. The van der Waals surface area contributed by atoms with Gasteiger partial charge >= 0.3 is 0 Å². The van der Waals surface area contributed by atoms with E-state index in [9.17, 15) is 0 Å². The molecule has 1 heterocycles. The molecule has 7 aromatic carbocycles. The zero-order chi connectivity index (χ0) is 38.0. The quantitative estimate of drug-likeness (QED) is 0.0976. The van der Waals surface area contributed by atoms with Crippen LogP contribution in [0.2, 0.25) is 0 Å². The Labute approximate surface area is 327 Å². The molecule has 6 nitrogen and oxygen atoms in total.